The van der Waals surface area contributed by atoms with E-state index in [9.17, 15) is 19.2 Å². The molecule has 12 heteroatoms. The van der Waals surface area contributed by atoms with Crippen LogP contribution in [0.25, 0.3) is 0 Å². The Morgan fingerprint density at radius 1 is 0.891 bits per heavy atom. The van der Waals surface area contributed by atoms with E-state index < -0.39 is 42.4 Å². The number of Topliss-reactive ketones (excluding diaryl/α,β-unsaturated/α-hetero) is 1. The number of amides is 1. The average Bonchev–Trinajstić information content (AvgIpc) is 3.56. The van der Waals surface area contributed by atoms with Gasteiger partial charge < -0.3 is 38.5 Å². The van der Waals surface area contributed by atoms with E-state index in [-0.39, 0.29) is 50.2 Å². The van der Waals surface area contributed by atoms with Crippen molar-refractivity contribution in [1.29, 1.82) is 0 Å². The molecule has 0 saturated carbocycles. The topological polar surface area (TPSA) is 145 Å². The van der Waals surface area contributed by atoms with E-state index in [0.717, 1.165) is 0 Å². The van der Waals surface area contributed by atoms with Gasteiger partial charge >= 0.3 is 11.9 Å². The summed E-state index contributed by atoms with van der Waals surface area (Å²) in [6.07, 6.45) is -4.35. The Labute approximate surface area is 264 Å². The van der Waals surface area contributed by atoms with Crippen molar-refractivity contribution in [2.45, 2.75) is 56.5 Å². The van der Waals surface area contributed by atoms with Crippen molar-refractivity contribution in [3.8, 4) is 11.5 Å². The first-order chi connectivity index (χ1) is 22.4. The molecule has 3 aromatic carbocycles. The molecule has 46 heavy (non-hydrogen) atoms. The second kappa shape index (κ2) is 14.1. The van der Waals surface area contributed by atoms with Gasteiger partial charge in [-0.3, -0.25) is 9.59 Å². The van der Waals surface area contributed by atoms with Crippen LogP contribution in [-0.2, 0) is 35.0 Å². The first kappa shape index (κ1) is 31.2. The van der Waals surface area contributed by atoms with Crippen LogP contribution in [-0.4, -0.2) is 74.8 Å². The van der Waals surface area contributed by atoms with Crippen LogP contribution in [0.1, 0.15) is 55.9 Å². The molecular weight excluding hydrogens is 598 g/mol. The van der Waals surface area contributed by atoms with Crippen LogP contribution < -0.4 is 14.8 Å². The summed E-state index contributed by atoms with van der Waals surface area (Å²) >= 11 is 0. The summed E-state index contributed by atoms with van der Waals surface area (Å²) in [5.41, 5.74) is 1.46. The van der Waals surface area contributed by atoms with Crippen LogP contribution in [0.4, 0.5) is 0 Å². The minimum absolute atomic E-state index is 0.0174. The van der Waals surface area contributed by atoms with Crippen molar-refractivity contribution in [2.24, 2.45) is 0 Å². The summed E-state index contributed by atoms with van der Waals surface area (Å²) in [5, 5.41) is 2.78. The molecule has 0 aromatic heterocycles. The second-order valence-electron chi connectivity index (χ2n) is 11.1. The Balaban J connectivity index is 1.24. The minimum Gasteiger partial charge on any atom is -0.459 e. The number of nitrogens with one attached hydrogen (secondary N) is 1. The van der Waals surface area contributed by atoms with Crippen molar-refractivity contribution in [3.05, 3.63) is 95.1 Å². The second-order valence-corrected chi connectivity index (χ2v) is 11.1. The van der Waals surface area contributed by atoms with Gasteiger partial charge in [-0.1, -0.05) is 36.4 Å². The van der Waals surface area contributed by atoms with E-state index >= 15 is 0 Å². The smallest absolute Gasteiger partial charge is 0.339 e. The predicted molar refractivity (Wildman–Crippen MR) is 159 cm³/mol. The van der Waals surface area contributed by atoms with Gasteiger partial charge in [-0.15, -0.1) is 0 Å². The van der Waals surface area contributed by atoms with E-state index in [1.54, 1.807) is 79.9 Å². The van der Waals surface area contributed by atoms with Crippen LogP contribution in [0, 0.1) is 0 Å². The number of rotatable bonds is 8. The maximum Gasteiger partial charge on any atom is 0.339 e. The fourth-order valence-electron chi connectivity index (χ4n) is 5.59. The molecule has 1 amide bonds. The molecule has 3 aliphatic heterocycles. The summed E-state index contributed by atoms with van der Waals surface area (Å²) < 4.78 is 40.3. The van der Waals surface area contributed by atoms with Crippen LogP contribution in [0.5, 0.6) is 11.5 Å². The number of esters is 2. The number of carbonyl (C=O) groups is 4. The maximum atomic E-state index is 13.8. The molecule has 0 spiro atoms. The van der Waals surface area contributed by atoms with Crippen molar-refractivity contribution in [1.82, 2.24) is 5.32 Å². The number of ether oxygens (including phenoxy) is 7. The van der Waals surface area contributed by atoms with Crippen molar-refractivity contribution in [3.63, 3.8) is 0 Å². The van der Waals surface area contributed by atoms with Crippen LogP contribution in [0.2, 0.25) is 0 Å². The molecule has 3 heterocycles. The molecule has 3 aliphatic rings. The number of methoxy groups -OCH3 is 1. The standard InChI is InChI=1S/C34H33NO11/c1-40-23-13-24(18-41-33(38)20-8-4-2-5-9-20)44-30(14-23)45-29-16-26(36)25-15-28-27(42-19-43-28)12-22(25)17-35-32(37)31(29)46-34(39)21-10-6-3-7-11-21/h2-12,15,23-24,29-31H,13-14,16-19H2,1H3,(H,35,37)/t23?,24?,29?,30?,31-/m0/s1. The number of carbonyl (C=O) groups excluding carboxylic acids is 4. The lowest BCUT2D eigenvalue weighted by Gasteiger charge is -2.37. The molecule has 1 saturated heterocycles. The van der Waals surface area contributed by atoms with Crippen LogP contribution >= 0.6 is 0 Å². The summed E-state index contributed by atoms with van der Waals surface area (Å²) in [6.45, 7) is -0.0861. The fourth-order valence-corrected chi connectivity index (χ4v) is 5.59. The first-order valence-electron chi connectivity index (χ1n) is 14.9. The summed E-state index contributed by atoms with van der Waals surface area (Å²) in [5.74, 6) is -1.41. The predicted octanol–water partition coefficient (Wildman–Crippen LogP) is 3.61. The van der Waals surface area contributed by atoms with Crippen molar-refractivity contribution >= 4 is 23.6 Å². The fraction of sp³-hybridized carbons (Fsp3) is 0.353. The Kier molecular flexibility index (Phi) is 9.57. The van der Waals surface area contributed by atoms with Gasteiger partial charge in [-0.2, -0.15) is 0 Å². The zero-order valence-electron chi connectivity index (χ0n) is 25.0. The van der Waals surface area contributed by atoms with E-state index in [1.807, 2.05) is 0 Å². The Hall–Kier alpha value is -4.78. The molecule has 1 fully saturated rings. The highest BCUT2D eigenvalue weighted by Crippen LogP contribution is 2.36. The molecule has 0 radical (unpaired) electrons. The van der Waals surface area contributed by atoms with Crippen LogP contribution in [0.15, 0.2) is 72.8 Å². The Morgan fingerprint density at radius 3 is 2.26 bits per heavy atom. The number of ketones is 1. The van der Waals surface area contributed by atoms with Gasteiger partial charge in [0.05, 0.1) is 23.3 Å². The lowest BCUT2D eigenvalue weighted by atomic mass is 9.97. The molecule has 0 bridgehead atoms. The first-order valence-corrected chi connectivity index (χ1v) is 14.9. The molecule has 12 nitrogen and oxygen atoms in total. The zero-order chi connectivity index (χ0) is 32.0. The highest BCUT2D eigenvalue weighted by atomic mass is 16.7. The molecule has 3 aromatic rings. The maximum absolute atomic E-state index is 13.8. The third-order valence-electron chi connectivity index (χ3n) is 7.97. The molecule has 6 rings (SSSR count). The molecule has 1 N–H and O–H groups in total. The van der Waals surface area contributed by atoms with Crippen molar-refractivity contribution < 1.29 is 52.3 Å². The third-order valence-corrected chi connectivity index (χ3v) is 7.97. The van der Waals surface area contributed by atoms with E-state index in [1.165, 1.54) is 0 Å². The average molecular weight is 632 g/mol. The van der Waals surface area contributed by atoms with Gasteiger partial charge in [0.15, 0.2) is 23.6 Å². The Morgan fingerprint density at radius 2 is 1.57 bits per heavy atom. The molecule has 4 unspecified atom stereocenters. The van der Waals surface area contributed by atoms with E-state index in [0.29, 0.717) is 34.6 Å². The summed E-state index contributed by atoms with van der Waals surface area (Å²) in [4.78, 5) is 53.1. The zero-order valence-corrected chi connectivity index (χ0v) is 25.0. The summed E-state index contributed by atoms with van der Waals surface area (Å²) in [6, 6.07) is 20.0. The number of fused-ring (bicyclic) bond motifs is 2. The van der Waals surface area contributed by atoms with Crippen LogP contribution in [0.3, 0.4) is 0 Å². The van der Waals surface area contributed by atoms with Gasteiger partial charge in [0, 0.05) is 38.5 Å². The van der Waals surface area contributed by atoms with Gasteiger partial charge in [-0.25, -0.2) is 9.59 Å². The quantitative estimate of drug-likeness (QED) is 0.364. The lowest BCUT2D eigenvalue weighted by Crippen LogP contribution is -2.49. The minimum atomic E-state index is -1.51. The monoisotopic (exact) mass is 631 g/mol. The highest BCUT2D eigenvalue weighted by Gasteiger charge is 2.41. The van der Waals surface area contributed by atoms with Gasteiger partial charge in [-0.05, 0) is 42.0 Å². The third kappa shape index (κ3) is 7.20. The SMILES string of the molecule is COC1CC(COC(=O)c2ccccc2)OC(OC2CC(=O)c3cc4c(cc3CNC(=O)[C@H]2OC(=O)c2ccccc2)OCO4)C1. The van der Waals surface area contributed by atoms with E-state index in [2.05, 4.69) is 5.32 Å². The molecular formula is C34H33NO11. The lowest BCUT2D eigenvalue weighted by molar-refractivity contribution is -0.250. The molecule has 240 valence electrons. The highest BCUT2D eigenvalue weighted by molar-refractivity contribution is 6.00. The summed E-state index contributed by atoms with van der Waals surface area (Å²) in [7, 11) is 1.54. The molecule has 5 atom stereocenters. The number of hydrogen-bond donors (Lipinski definition) is 1. The number of benzene rings is 3. The van der Waals surface area contributed by atoms with E-state index in [4.69, 9.17) is 33.2 Å². The number of hydrogen-bond acceptors (Lipinski definition) is 11. The largest absolute Gasteiger partial charge is 0.459 e. The molecule has 0 aliphatic carbocycles. The normalized spacial score (nSPS) is 24.1. The van der Waals surface area contributed by atoms with Gasteiger partial charge in [0.25, 0.3) is 5.91 Å². The van der Waals surface area contributed by atoms with Gasteiger partial charge in [0.1, 0.15) is 12.7 Å². The van der Waals surface area contributed by atoms with Crippen molar-refractivity contribution in [2.75, 3.05) is 20.5 Å². The Bertz CT molecular complexity index is 1580. The van der Waals surface area contributed by atoms with Gasteiger partial charge in [0.2, 0.25) is 12.9 Å².